The van der Waals surface area contributed by atoms with E-state index in [9.17, 15) is 18.4 Å². The molecule has 1 aliphatic heterocycles. The smallest absolute Gasteiger partial charge is 0.253 e. The summed E-state index contributed by atoms with van der Waals surface area (Å²) in [7, 11) is 0. The van der Waals surface area contributed by atoms with Crippen LogP contribution in [0.3, 0.4) is 0 Å². The third-order valence-corrected chi connectivity index (χ3v) is 3.50. The Morgan fingerprint density at radius 1 is 1.33 bits per heavy atom. The Bertz CT molecular complexity index is 568. The second-order valence-electron chi connectivity index (χ2n) is 5.22. The molecular formula is C15H20F2N4O3. The van der Waals surface area contributed by atoms with Crippen LogP contribution in [0.2, 0.25) is 0 Å². The monoisotopic (exact) mass is 342 g/mol. The first-order valence-electron chi connectivity index (χ1n) is 7.52. The van der Waals surface area contributed by atoms with Crippen LogP contribution in [-0.2, 0) is 14.3 Å². The Morgan fingerprint density at radius 2 is 2.04 bits per heavy atom. The summed E-state index contributed by atoms with van der Waals surface area (Å²) in [6.07, 6.45) is -2.56. The van der Waals surface area contributed by atoms with E-state index >= 15 is 0 Å². The van der Waals surface area contributed by atoms with Crippen LogP contribution < -0.4 is 21.3 Å². The van der Waals surface area contributed by atoms with Crippen molar-refractivity contribution in [2.24, 2.45) is 5.73 Å². The van der Waals surface area contributed by atoms with Gasteiger partial charge in [-0.1, -0.05) is 0 Å². The number of carbonyl (C=O) groups is 2. The minimum atomic E-state index is -2.56. The first-order chi connectivity index (χ1) is 11.5. The molecule has 0 spiro atoms. The summed E-state index contributed by atoms with van der Waals surface area (Å²) in [6.45, 7) is 0.286. The van der Waals surface area contributed by atoms with Crippen molar-refractivity contribution >= 4 is 23.2 Å². The predicted molar refractivity (Wildman–Crippen MR) is 85.1 cm³/mol. The average Bonchev–Trinajstić information content (AvgIpc) is 2.56. The third kappa shape index (κ3) is 4.95. The molecule has 0 radical (unpaired) electrons. The molecule has 1 saturated heterocycles. The largest absolute Gasteiger partial charge is 0.370 e. The van der Waals surface area contributed by atoms with Crippen LogP contribution >= 0.6 is 0 Å². The van der Waals surface area contributed by atoms with Gasteiger partial charge in [-0.25, -0.2) is 8.78 Å². The second-order valence-corrected chi connectivity index (χ2v) is 5.22. The van der Waals surface area contributed by atoms with E-state index in [-0.39, 0.29) is 19.1 Å². The molecule has 132 valence electrons. The van der Waals surface area contributed by atoms with E-state index in [0.29, 0.717) is 24.5 Å². The van der Waals surface area contributed by atoms with Gasteiger partial charge < -0.3 is 20.7 Å². The summed E-state index contributed by atoms with van der Waals surface area (Å²) in [5, 5.41) is 5.01. The molecule has 0 aromatic heterocycles. The number of nitrogens with two attached hydrogens (primary N) is 1. The fourth-order valence-corrected chi connectivity index (χ4v) is 2.26. The van der Waals surface area contributed by atoms with Gasteiger partial charge in [-0.2, -0.15) is 0 Å². The molecule has 7 nitrogen and oxygen atoms in total. The van der Waals surface area contributed by atoms with Gasteiger partial charge in [-0.05, 0) is 24.3 Å². The van der Waals surface area contributed by atoms with Gasteiger partial charge in [0, 0.05) is 24.5 Å². The van der Waals surface area contributed by atoms with E-state index in [0.717, 1.165) is 0 Å². The van der Waals surface area contributed by atoms with Gasteiger partial charge in [0.05, 0.1) is 19.2 Å². The van der Waals surface area contributed by atoms with E-state index in [2.05, 4.69) is 10.6 Å². The minimum Gasteiger partial charge on any atom is -0.370 e. The molecule has 4 N–H and O–H groups in total. The van der Waals surface area contributed by atoms with Crippen LogP contribution in [0.5, 0.6) is 0 Å². The van der Waals surface area contributed by atoms with Crippen LogP contribution in [0.1, 0.15) is 0 Å². The maximum Gasteiger partial charge on any atom is 0.253 e. The Labute approximate surface area is 138 Å². The lowest BCUT2D eigenvalue weighted by Crippen LogP contribution is -2.47. The van der Waals surface area contributed by atoms with E-state index in [1.165, 1.54) is 0 Å². The van der Waals surface area contributed by atoms with Crippen molar-refractivity contribution < 1.29 is 23.1 Å². The molecule has 0 aliphatic carbocycles. The fourth-order valence-electron chi connectivity index (χ4n) is 2.26. The molecule has 0 bridgehead atoms. The Hall–Kier alpha value is -2.10. The van der Waals surface area contributed by atoms with Crippen LogP contribution in [0.15, 0.2) is 24.3 Å². The zero-order chi connectivity index (χ0) is 17.5. The van der Waals surface area contributed by atoms with Gasteiger partial charge >= 0.3 is 0 Å². The van der Waals surface area contributed by atoms with E-state index in [1.807, 2.05) is 0 Å². The van der Waals surface area contributed by atoms with Crippen molar-refractivity contribution in [1.29, 1.82) is 0 Å². The van der Waals surface area contributed by atoms with Gasteiger partial charge in [-0.15, -0.1) is 0 Å². The van der Waals surface area contributed by atoms with Gasteiger partial charge in [0.2, 0.25) is 5.91 Å². The number of halogens is 2. The van der Waals surface area contributed by atoms with Crippen molar-refractivity contribution in [1.82, 2.24) is 5.32 Å². The van der Waals surface area contributed by atoms with E-state index in [4.69, 9.17) is 10.5 Å². The zero-order valence-electron chi connectivity index (χ0n) is 13.0. The standard InChI is InChI=1S/C15H20F2N4O3/c16-13(17)8-19-12(7-18)15(23)20-10-1-3-11(4-2-10)21-5-6-24-9-14(21)22/h1-4,12-13,19H,5-9,18H2,(H,20,23)/t12-/m0/s1. The summed E-state index contributed by atoms with van der Waals surface area (Å²) in [4.78, 5) is 25.4. The highest BCUT2D eigenvalue weighted by Crippen LogP contribution is 2.19. The number of anilines is 2. The summed E-state index contributed by atoms with van der Waals surface area (Å²) >= 11 is 0. The van der Waals surface area contributed by atoms with Crippen LogP contribution in [0.4, 0.5) is 20.2 Å². The maximum absolute atomic E-state index is 12.2. The first kappa shape index (κ1) is 18.2. The number of ether oxygens (including phenoxy) is 1. The molecule has 2 rings (SSSR count). The van der Waals surface area contributed by atoms with Gasteiger partial charge in [0.25, 0.3) is 12.3 Å². The Morgan fingerprint density at radius 3 is 2.62 bits per heavy atom. The summed E-state index contributed by atoms with van der Waals surface area (Å²) in [5.41, 5.74) is 6.62. The first-order valence-corrected chi connectivity index (χ1v) is 7.52. The van der Waals surface area contributed by atoms with Crippen LogP contribution in [0.25, 0.3) is 0 Å². The number of carbonyl (C=O) groups excluding carboxylic acids is 2. The highest BCUT2D eigenvalue weighted by atomic mass is 19.3. The molecule has 1 aliphatic rings. The summed E-state index contributed by atoms with van der Waals surface area (Å²) < 4.78 is 29.5. The molecule has 1 aromatic rings. The van der Waals surface area contributed by atoms with Gasteiger partial charge in [0.15, 0.2) is 0 Å². The van der Waals surface area contributed by atoms with Crippen molar-refractivity contribution in [3.63, 3.8) is 0 Å². The molecular weight excluding hydrogens is 322 g/mol. The Kier molecular flexibility index (Phi) is 6.59. The van der Waals surface area contributed by atoms with Crippen molar-refractivity contribution in [3.8, 4) is 0 Å². The van der Waals surface area contributed by atoms with E-state index in [1.54, 1.807) is 29.2 Å². The van der Waals surface area contributed by atoms with Crippen molar-refractivity contribution in [2.75, 3.05) is 43.1 Å². The minimum absolute atomic E-state index is 0.0481. The molecule has 2 amide bonds. The highest BCUT2D eigenvalue weighted by molar-refractivity contribution is 5.97. The number of amides is 2. The van der Waals surface area contributed by atoms with Crippen molar-refractivity contribution in [2.45, 2.75) is 12.5 Å². The summed E-state index contributed by atoms with van der Waals surface area (Å²) in [5.74, 6) is -0.620. The number of alkyl halides is 2. The van der Waals surface area contributed by atoms with E-state index < -0.39 is 24.9 Å². The molecule has 9 heteroatoms. The lowest BCUT2D eigenvalue weighted by Gasteiger charge is -2.27. The maximum atomic E-state index is 12.2. The van der Waals surface area contributed by atoms with Gasteiger partial charge in [0.1, 0.15) is 6.61 Å². The molecule has 24 heavy (non-hydrogen) atoms. The SMILES string of the molecule is NC[C@H](NCC(F)F)C(=O)Nc1ccc(N2CCOCC2=O)cc1. The van der Waals surface area contributed by atoms with Crippen LogP contribution in [0, 0.1) is 0 Å². The quantitative estimate of drug-likeness (QED) is 0.656. The number of rotatable bonds is 7. The molecule has 0 saturated carbocycles. The number of nitrogens with one attached hydrogen (secondary N) is 2. The second kappa shape index (κ2) is 8.67. The van der Waals surface area contributed by atoms with Crippen LogP contribution in [-0.4, -0.2) is 57.1 Å². The molecule has 1 fully saturated rings. The fraction of sp³-hybridized carbons (Fsp3) is 0.467. The Balaban J connectivity index is 1.95. The number of hydrogen-bond acceptors (Lipinski definition) is 5. The summed E-state index contributed by atoms with van der Waals surface area (Å²) in [6, 6.07) is 5.76. The number of morpholine rings is 1. The normalized spacial score (nSPS) is 16.3. The number of nitrogens with zero attached hydrogens (tertiary/aromatic N) is 1. The lowest BCUT2D eigenvalue weighted by molar-refractivity contribution is -0.125. The zero-order valence-corrected chi connectivity index (χ0v) is 13.0. The number of hydrogen-bond donors (Lipinski definition) is 3. The molecule has 1 aromatic carbocycles. The molecule has 0 unspecified atom stereocenters. The average molecular weight is 342 g/mol. The predicted octanol–water partition coefficient (Wildman–Crippen LogP) is 0.170. The van der Waals surface area contributed by atoms with Crippen molar-refractivity contribution in [3.05, 3.63) is 24.3 Å². The molecule has 1 heterocycles. The number of benzene rings is 1. The third-order valence-electron chi connectivity index (χ3n) is 3.50. The molecule has 1 atom stereocenters. The van der Waals surface area contributed by atoms with Gasteiger partial charge in [-0.3, -0.25) is 14.9 Å². The lowest BCUT2D eigenvalue weighted by atomic mass is 10.2. The topological polar surface area (TPSA) is 96.7 Å². The highest BCUT2D eigenvalue weighted by Gasteiger charge is 2.21.